The lowest BCUT2D eigenvalue weighted by Gasteiger charge is -2.43. The molecule has 0 saturated carbocycles. The van der Waals surface area contributed by atoms with E-state index in [2.05, 4.69) is 4.98 Å². The van der Waals surface area contributed by atoms with Gasteiger partial charge < -0.3 is 20.1 Å². The van der Waals surface area contributed by atoms with E-state index in [0.717, 1.165) is 0 Å². The third-order valence-electron chi connectivity index (χ3n) is 4.71. The van der Waals surface area contributed by atoms with E-state index in [-0.39, 0.29) is 37.4 Å². The van der Waals surface area contributed by atoms with E-state index in [9.17, 15) is 24.6 Å². The van der Waals surface area contributed by atoms with Crippen LogP contribution in [-0.2, 0) is 4.79 Å². The lowest BCUT2D eigenvalue weighted by molar-refractivity contribution is -0.163. The number of aliphatic hydroxyl groups is 1. The van der Waals surface area contributed by atoms with Crippen LogP contribution in [0.4, 0.5) is 0 Å². The number of pyridine rings is 1. The molecular weight excluding hydrogens is 312 g/mol. The van der Waals surface area contributed by atoms with Gasteiger partial charge in [0.25, 0.3) is 11.5 Å². The first-order chi connectivity index (χ1) is 11.3. The molecule has 0 spiro atoms. The zero-order chi connectivity index (χ0) is 17.9. The first kappa shape index (κ1) is 18.2. The maximum Gasteiger partial charge on any atom is 0.314 e. The molecule has 24 heavy (non-hydrogen) atoms. The smallest absolute Gasteiger partial charge is 0.314 e. The summed E-state index contributed by atoms with van der Waals surface area (Å²) in [5.41, 5.74) is -1.91. The molecule has 7 nitrogen and oxygen atoms in total. The fraction of sp³-hybridized carbons (Fsp3) is 0.588. The fourth-order valence-corrected chi connectivity index (χ4v) is 3.12. The Kier molecular flexibility index (Phi) is 5.43. The maximum atomic E-state index is 12.6. The number of hydrogen-bond donors (Lipinski definition) is 3. The van der Waals surface area contributed by atoms with Gasteiger partial charge in [0.2, 0.25) is 0 Å². The first-order valence-electron chi connectivity index (χ1n) is 8.16. The molecular formula is C17H24N2O5. The van der Waals surface area contributed by atoms with E-state index in [4.69, 9.17) is 0 Å². The molecule has 1 aromatic rings. The minimum absolute atomic E-state index is 0.0166. The van der Waals surface area contributed by atoms with Crippen molar-refractivity contribution in [3.63, 3.8) is 0 Å². The number of nitrogens with zero attached hydrogens (tertiary/aromatic N) is 1. The van der Waals surface area contributed by atoms with Crippen LogP contribution in [0.3, 0.4) is 0 Å². The number of carboxylic acid groups (broad SMARTS) is 1. The predicted octanol–water partition coefficient (Wildman–Crippen LogP) is 1.09. The Morgan fingerprint density at radius 3 is 2.75 bits per heavy atom. The van der Waals surface area contributed by atoms with Crippen LogP contribution in [0.2, 0.25) is 0 Å². The molecule has 0 bridgehead atoms. The lowest BCUT2D eigenvalue weighted by atomic mass is 9.72. The molecule has 132 valence electrons. The molecule has 2 atom stereocenters. The van der Waals surface area contributed by atoms with Crippen LogP contribution in [0, 0.1) is 11.3 Å². The van der Waals surface area contributed by atoms with Crippen LogP contribution in [0.25, 0.3) is 0 Å². The number of piperidine rings is 1. The van der Waals surface area contributed by atoms with E-state index in [1.165, 1.54) is 17.2 Å². The number of carbonyl (C=O) groups excluding carboxylic acids is 1. The number of aromatic nitrogens is 1. The summed E-state index contributed by atoms with van der Waals surface area (Å²) < 4.78 is 0. The highest BCUT2D eigenvalue weighted by atomic mass is 16.4. The van der Waals surface area contributed by atoms with Crippen LogP contribution in [0.5, 0.6) is 0 Å². The molecule has 1 fully saturated rings. The summed E-state index contributed by atoms with van der Waals surface area (Å²) in [7, 11) is 0. The predicted molar refractivity (Wildman–Crippen MR) is 87.7 cm³/mol. The highest BCUT2D eigenvalue weighted by Gasteiger charge is 2.50. The summed E-state index contributed by atoms with van der Waals surface area (Å²) in [6.45, 7) is 4.10. The molecule has 0 aromatic carbocycles. The molecule has 1 saturated heterocycles. The molecule has 1 aliphatic rings. The van der Waals surface area contributed by atoms with Gasteiger partial charge >= 0.3 is 5.97 Å². The normalized spacial score (nSPS) is 24.2. The molecule has 2 heterocycles. The number of aromatic amines is 1. The van der Waals surface area contributed by atoms with Crippen molar-refractivity contribution in [2.24, 2.45) is 11.3 Å². The largest absolute Gasteiger partial charge is 0.481 e. The van der Waals surface area contributed by atoms with Gasteiger partial charge in [-0.3, -0.25) is 14.4 Å². The van der Waals surface area contributed by atoms with E-state index in [1.807, 2.05) is 13.8 Å². The van der Waals surface area contributed by atoms with Crippen LogP contribution >= 0.6 is 0 Å². The molecule has 0 aliphatic carbocycles. The van der Waals surface area contributed by atoms with Crippen molar-refractivity contribution >= 4 is 11.9 Å². The fourth-order valence-electron chi connectivity index (χ4n) is 3.12. The van der Waals surface area contributed by atoms with Gasteiger partial charge in [-0.2, -0.15) is 0 Å². The van der Waals surface area contributed by atoms with Gasteiger partial charge in [-0.25, -0.2) is 0 Å². The highest BCUT2D eigenvalue weighted by Crippen LogP contribution is 2.37. The second-order valence-corrected chi connectivity index (χ2v) is 6.84. The number of amides is 1. The highest BCUT2D eigenvalue weighted by molar-refractivity contribution is 5.94. The van der Waals surface area contributed by atoms with Gasteiger partial charge in [-0.1, -0.05) is 13.8 Å². The van der Waals surface area contributed by atoms with E-state index in [0.29, 0.717) is 6.42 Å². The van der Waals surface area contributed by atoms with Crippen LogP contribution in [-0.4, -0.2) is 51.2 Å². The summed E-state index contributed by atoms with van der Waals surface area (Å²) in [5.74, 6) is -1.31. The zero-order valence-corrected chi connectivity index (χ0v) is 14.0. The van der Waals surface area contributed by atoms with Crippen LogP contribution in [0.15, 0.2) is 23.1 Å². The van der Waals surface area contributed by atoms with Crippen molar-refractivity contribution in [2.45, 2.75) is 39.2 Å². The Morgan fingerprint density at radius 2 is 2.17 bits per heavy atom. The second-order valence-electron chi connectivity index (χ2n) is 6.84. The van der Waals surface area contributed by atoms with Gasteiger partial charge in [-0.05, 0) is 37.3 Å². The lowest BCUT2D eigenvalue weighted by Crippen LogP contribution is -2.57. The van der Waals surface area contributed by atoms with Gasteiger partial charge in [0.05, 0.1) is 6.10 Å². The Morgan fingerprint density at radius 1 is 1.46 bits per heavy atom. The number of carboxylic acids is 1. The Labute approximate surface area is 140 Å². The molecule has 3 N–H and O–H groups in total. The molecule has 1 aromatic heterocycles. The van der Waals surface area contributed by atoms with E-state index in [1.54, 1.807) is 6.07 Å². The Bertz CT molecular complexity index is 669. The summed E-state index contributed by atoms with van der Waals surface area (Å²) >= 11 is 0. The van der Waals surface area contributed by atoms with Crippen LogP contribution in [0.1, 0.15) is 43.5 Å². The number of aliphatic carboxylic acids is 1. The minimum Gasteiger partial charge on any atom is -0.481 e. The van der Waals surface area contributed by atoms with E-state index < -0.39 is 29.0 Å². The molecule has 1 amide bonds. The molecule has 0 unspecified atom stereocenters. The maximum absolute atomic E-state index is 12.6. The number of nitrogens with one attached hydrogen (secondary N) is 1. The van der Waals surface area contributed by atoms with Crippen molar-refractivity contribution in [3.05, 3.63) is 34.2 Å². The van der Waals surface area contributed by atoms with Gasteiger partial charge in [0, 0.05) is 19.3 Å². The SMILES string of the molecule is CC(C)CC[C@@]1(C(=O)O)CN(C(=O)c2ccc[nH]c2=O)CC[C@H]1O. The topological polar surface area (TPSA) is 111 Å². The number of rotatable bonds is 5. The summed E-state index contributed by atoms with van der Waals surface area (Å²) in [6, 6.07) is 2.97. The third kappa shape index (κ3) is 3.51. The summed E-state index contributed by atoms with van der Waals surface area (Å²) in [5, 5.41) is 20.1. The number of hydrogen-bond acceptors (Lipinski definition) is 4. The molecule has 7 heteroatoms. The van der Waals surface area contributed by atoms with Crippen molar-refractivity contribution in [1.82, 2.24) is 9.88 Å². The number of likely N-dealkylation sites (tertiary alicyclic amines) is 1. The van der Waals surface area contributed by atoms with E-state index >= 15 is 0 Å². The monoisotopic (exact) mass is 336 g/mol. The van der Waals surface area contributed by atoms with Gasteiger partial charge in [0.15, 0.2) is 0 Å². The quantitative estimate of drug-likeness (QED) is 0.745. The number of H-pyrrole nitrogens is 1. The van der Waals surface area contributed by atoms with Crippen molar-refractivity contribution in [2.75, 3.05) is 13.1 Å². The zero-order valence-electron chi connectivity index (χ0n) is 14.0. The second kappa shape index (κ2) is 7.17. The number of carbonyl (C=O) groups is 2. The molecule has 0 radical (unpaired) electrons. The minimum atomic E-state index is -1.39. The van der Waals surface area contributed by atoms with Gasteiger partial charge in [0.1, 0.15) is 11.0 Å². The Hall–Kier alpha value is -2.15. The average Bonchev–Trinajstić information content (AvgIpc) is 2.53. The third-order valence-corrected chi connectivity index (χ3v) is 4.71. The average molecular weight is 336 g/mol. The summed E-state index contributed by atoms with van der Waals surface area (Å²) in [4.78, 5) is 40.1. The number of aliphatic hydroxyl groups excluding tert-OH is 1. The van der Waals surface area contributed by atoms with Crippen LogP contribution < -0.4 is 5.56 Å². The Balaban J connectivity index is 2.28. The van der Waals surface area contributed by atoms with Crippen molar-refractivity contribution in [3.8, 4) is 0 Å². The molecule has 2 rings (SSSR count). The van der Waals surface area contributed by atoms with Crippen molar-refractivity contribution in [1.29, 1.82) is 0 Å². The van der Waals surface area contributed by atoms with Crippen molar-refractivity contribution < 1.29 is 19.8 Å². The summed E-state index contributed by atoms with van der Waals surface area (Å²) in [6.07, 6.45) is 1.53. The first-order valence-corrected chi connectivity index (χ1v) is 8.16. The standard InChI is InChI=1S/C17H24N2O5/c1-11(2)5-7-17(16(23)24)10-19(9-6-13(17)20)15(22)12-4-3-8-18-14(12)21/h3-4,8,11,13,20H,5-7,9-10H2,1-2H3,(H,18,21)(H,23,24)/t13-,17-/m1/s1. The van der Waals surface area contributed by atoms with Gasteiger partial charge in [-0.15, -0.1) is 0 Å². The molecule has 1 aliphatic heterocycles.